The molecule has 2 rings (SSSR count). The van der Waals surface area contributed by atoms with Crippen LogP contribution in [0.15, 0.2) is 36.7 Å². The van der Waals surface area contributed by atoms with Crippen LogP contribution in [-0.4, -0.2) is 23.2 Å². The Labute approximate surface area is 151 Å². The van der Waals surface area contributed by atoms with Crippen LogP contribution in [0.25, 0.3) is 11.4 Å². The van der Waals surface area contributed by atoms with Crippen molar-refractivity contribution < 1.29 is 9.47 Å². The zero-order valence-corrected chi connectivity index (χ0v) is 15.7. The van der Waals surface area contributed by atoms with Crippen LogP contribution in [0.4, 0.5) is 0 Å². The average molecular weight is 342 g/mol. The smallest absolute Gasteiger partial charge is 0.159 e. The van der Waals surface area contributed by atoms with E-state index in [-0.39, 0.29) is 0 Å². The Morgan fingerprint density at radius 2 is 1.60 bits per heavy atom. The lowest BCUT2D eigenvalue weighted by molar-refractivity contribution is 0.256. The van der Waals surface area contributed by atoms with Crippen molar-refractivity contribution in [3.05, 3.63) is 36.7 Å². The van der Waals surface area contributed by atoms with Gasteiger partial charge in [0.05, 0.1) is 25.6 Å². The molecule has 0 spiro atoms. The first-order chi connectivity index (χ1) is 12.2. The van der Waals surface area contributed by atoms with E-state index in [1.807, 2.05) is 24.3 Å². The molecule has 0 saturated carbocycles. The molecule has 0 aliphatic heterocycles. The van der Waals surface area contributed by atoms with Crippen molar-refractivity contribution in [3.63, 3.8) is 0 Å². The van der Waals surface area contributed by atoms with E-state index in [9.17, 15) is 0 Å². The van der Waals surface area contributed by atoms with Crippen molar-refractivity contribution in [1.82, 2.24) is 9.97 Å². The number of ether oxygens (including phenoxy) is 2. The topological polar surface area (TPSA) is 44.2 Å². The fourth-order valence-electron chi connectivity index (χ4n) is 2.32. The summed E-state index contributed by atoms with van der Waals surface area (Å²) in [6, 6.07) is 7.93. The van der Waals surface area contributed by atoms with Crippen LogP contribution in [0.1, 0.15) is 52.9 Å². The molecule has 1 aromatic heterocycles. The minimum Gasteiger partial charge on any atom is -0.493 e. The summed E-state index contributed by atoms with van der Waals surface area (Å²) in [4.78, 5) is 8.81. The Morgan fingerprint density at radius 1 is 0.880 bits per heavy atom. The number of benzene rings is 1. The molecule has 1 atom stereocenters. The fourth-order valence-corrected chi connectivity index (χ4v) is 2.32. The zero-order valence-electron chi connectivity index (χ0n) is 15.7. The standard InChI is InChI=1S/C21H30N2O2/c1-4-6-7-8-13-24-20-14-22-21(23-15-20)18-9-11-19(12-10-18)25-16-17(3)5-2/h9-12,14-15,17H,4-8,13,16H2,1-3H3. The van der Waals surface area contributed by atoms with Gasteiger partial charge in [-0.2, -0.15) is 0 Å². The van der Waals surface area contributed by atoms with Crippen molar-refractivity contribution in [2.24, 2.45) is 5.92 Å². The molecule has 1 heterocycles. The van der Waals surface area contributed by atoms with Gasteiger partial charge in [-0.3, -0.25) is 0 Å². The van der Waals surface area contributed by atoms with Crippen molar-refractivity contribution in [2.45, 2.75) is 52.9 Å². The predicted molar refractivity (Wildman–Crippen MR) is 102 cm³/mol. The van der Waals surface area contributed by atoms with Crippen LogP contribution in [-0.2, 0) is 0 Å². The van der Waals surface area contributed by atoms with Crippen LogP contribution in [0, 0.1) is 5.92 Å². The molecule has 25 heavy (non-hydrogen) atoms. The molecule has 0 saturated heterocycles. The van der Waals surface area contributed by atoms with Gasteiger partial charge in [0.2, 0.25) is 0 Å². The summed E-state index contributed by atoms with van der Waals surface area (Å²) in [7, 11) is 0. The lowest BCUT2D eigenvalue weighted by atomic mass is 10.1. The van der Waals surface area contributed by atoms with Crippen LogP contribution in [0.3, 0.4) is 0 Å². The lowest BCUT2D eigenvalue weighted by Crippen LogP contribution is -2.07. The Bertz CT molecular complexity index is 596. The zero-order chi connectivity index (χ0) is 17.9. The molecule has 0 amide bonds. The highest BCUT2D eigenvalue weighted by Crippen LogP contribution is 2.21. The van der Waals surface area contributed by atoms with Crippen molar-refractivity contribution in [1.29, 1.82) is 0 Å². The van der Waals surface area contributed by atoms with Gasteiger partial charge in [0.15, 0.2) is 11.6 Å². The summed E-state index contributed by atoms with van der Waals surface area (Å²) in [5, 5.41) is 0. The molecule has 1 unspecified atom stereocenters. The minimum atomic E-state index is 0.567. The normalized spacial score (nSPS) is 12.0. The number of hydrogen-bond donors (Lipinski definition) is 0. The molecule has 136 valence electrons. The van der Waals surface area contributed by atoms with Gasteiger partial charge in [-0.15, -0.1) is 0 Å². The van der Waals surface area contributed by atoms with Gasteiger partial charge in [-0.25, -0.2) is 9.97 Å². The molecule has 1 aromatic carbocycles. The fraction of sp³-hybridized carbons (Fsp3) is 0.524. The van der Waals surface area contributed by atoms with Crippen molar-refractivity contribution in [3.8, 4) is 22.9 Å². The molecule has 0 fully saturated rings. The second kappa shape index (κ2) is 10.7. The van der Waals surface area contributed by atoms with Gasteiger partial charge in [-0.1, -0.05) is 46.5 Å². The SMILES string of the molecule is CCCCCCOc1cnc(-c2ccc(OCC(C)CC)cc2)nc1. The van der Waals surface area contributed by atoms with E-state index in [0.717, 1.165) is 43.1 Å². The Morgan fingerprint density at radius 3 is 2.24 bits per heavy atom. The molecule has 2 aromatic rings. The number of nitrogens with zero attached hydrogens (tertiary/aromatic N) is 2. The summed E-state index contributed by atoms with van der Waals surface area (Å²) >= 11 is 0. The Hall–Kier alpha value is -2.10. The molecular formula is C21H30N2O2. The third-order valence-corrected chi connectivity index (χ3v) is 4.24. The van der Waals surface area contributed by atoms with E-state index in [4.69, 9.17) is 9.47 Å². The first kappa shape index (κ1) is 19.2. The van der Waals surface area contributed by atoms with E-state index < -0.39 is 0 Å². The van der Waals surface area contributed by atoms with E-state index >= 15 is 0 Å². The summed E-state index contributed by atoms with van der Waals surface area (Å²) < 4.78 is 11.5. The number of rotatable bonds is 11. The maximum Gasteiger partial charge on any atom is 0.159 e. The highest BCUT2D eigenvalue weighted by molar-refractivity contribution is 5.56. The first-order valence-electron chi connectivity index (χ1n) is 9.41. The molecule has 0 radical (unpaired) electrons. The van der Waals surface area contributed by atoms with Crippen LogP contribution >= 0.6 is 0 Å². The molecular weight excluding hydrogens is 312 g/mol. The lowest BCUT2D eigenvalue weighted by Gasteiger charge is -2.11. The summed E-state index contributed by atoms with van der Waals surface area (Å²) in [6.45, 7) is 8.04. The first-order valence-corrected chi connectivity index (χ1v) is 9.41. The summed E-state index contributed by atoms with van der Waals surface area (Å²) in [5.41, 5.74) is 0.977. The molecule has 0 N–H and O–H groups in total. The summed E-state index contributed by atoms with van der Waals surface area (Å²) in [5.74, 6) is 2.88. The van der Waals surface area contributed by atoms with Gasteiger partial charge >= 0.3 is 0 Å². The minimum absolute atomic E-state index is 0.567. The largest absolute Gasteiger partial charge is 0.493 e. The Kier molecular flexibility index (Phi) is 8.23. The molecule has 4 nitrogen and oxygen atoms in total. The van der Waals surface area contributed by atoms with Gasteiger partial charge in [-0.05, 0) is 36.6 Å². The number of unbranched alkanes of at least 4 members (excludes halogenated alkanes) is 3. The van der Waals surface area contributed by atoms with Gasteiger partial charge in [0.25, 0.3) is 0 Å². The van der Waals surface area contributed by atoms with Crippen LogP contribution < -0.4 is 9.47 Å². The van der Waals surface area contributed by atoms with E-state index in [1.165, 1.54) is 19.3 Å². The third kappa shape index (κ3) is 6.73. The highest BCUT2D eigenvalue weighted by atomic mass is 16.5. The van der Waals surface area contributed by atoms with Gasteiger partial charge in [0.1, 0.15) is 5.75 Å². The van der Waals surface area contributed by atoms with Crippen molar-refractivity contribution >= 4 is 0 Å². The van der Waals surface area contributed by atoms with Crippen molar-refractivity contribution in [2.75, 3.05) is 13.2 Å². The third-order valence-electron chi connectivity index (χ3n) is 4.24. The maximum atomic E-state index is 5.78. The molecule has 0 aliphatic rings. The predicted octanol–water partition coefficient (Wildman–Crippen LogP) is 5.53. The quantitative estimate of drug-likeness (QED) is 0.504. The highest BCUT2D eigenvalue weighted by Gasteiger charge is 2.04. The summed E-state index contributed by atoms with van der Waals surface area (Å²) in [6.07, 6.45) is 9.40. The number of hydrogen-bond acceptors (Lipinski definition) is 4. The van der Waals surface area contributed by atoms with E-state index in [0.29, 0.717) is 11.7 Å². The van der Waals surface area contributed by atoms with Crippen LogP contribution in [0.2, 0.25) is 0 Å². The molecule has 0 aliphatic carbocycles. The van der Waals surface area contributed by atoms with Crippen LogP contribution in [0.5, 0.6) is 11.5 Å². The maximum absolute atomic E-state index is 5.78. The number of aromatic nitrogens is 2. The van der Waals surface area contributed by atoms with E-state index in [1.54, 1.807) is 12.4 Å². The van der Waals surface area contributed by atoms with E-state index in [2.05, 4.69) is 30.7 Å². The molecule has 4 heteroatoms. The molecule has 0 bridgehead atoms. The average Bonchev–Trinajstić information content (AvgIpc) is 2.67. The second-order valence-corrected chi connectivity index (χ2v) is 6.50. The van der Waals surface area contributed by atoms with Gasteiger partial charge in [0, 0.05) is 5.56 Å². The second-order valence-electron chi connectivity index (χ2n) is 6.50. The monoisotopic (exact) mass is 342 g/mol. The van der Waals surface area contributed by atoms with Gasteiger partial charge < -0.3 is 9.47 Å². The Balaban J connectivity index is 1.84.